The van der Waals surface area contributed by atoms with E-state index in [-0.39, 0.29) is 6.29 Å². The summed E-state index contributed by atoms with van der Waals surface area (Å²) in [5.41, 5.74) is -0.472. The lowest BCUT2D eigenvalue weighted by molar-refractivity contribution is -0.112. The van der Waals surface area contributed by atoms with Crippen molar-refractivity contribution in [1.82, 2.24) is 0 Å². The van der Waals surface area contributed by atoms with Gasteiger partial charge in [-0.3, -0.25) is 15.0 Å². The molecule has 0 atom stereocenters. The van der Waals surface area contributed by atoms with Gasteiger partial charge in [-0.25, -0.2) is 0 Å². The Kier molecular flexibility index (Phi) is 1.91. The second-order valence-electron chi connectivity index (χ2n) is 1.09. The van der Waals surface area contributed by atoms with Gasteiger partial charge in [-0.15, -0.1) is 0 Å². The minimum atomic E-state index is -0.491. The molecule has 1 N–H and O–H groups in total. The second kappa shape index (κ2) is 2.23. The third kappa shape index (κ3) is 1.81. The van der Waals surface area contributed by atoms with Gasteiger partial charge >= 0.3 is 0 Å². The summed E-state index contributed by atoms with van der Waals surface area (Å²) < 4.78 is 0. The van der Waals surface area contributed by atoms with Gasteiger partial charge in [0.15, 0.2) is 12.1 Å². The van der Waals surface area contributed by atoms with E-state index in [0.29, 0.717) is 0 Å². The maximum atomic E-state index is 9.92. The van der Waals surface area contributed by atoms with E-state index in [1.165, 1.54) is 6.92 Å². The van der Waals surface area contributed by atoms with Crippen molar-refractivity contribution in [1.29, 1.82) is 5.41 Å². The highest BCUT2D eigenvalue weighted by Gasteiger charge is 1.96. The van der Waals surface area contributed by atoms with E-state index in [9.17, 15) is 9.59 Å². The van der Waals surface area contributed by atoms with Gasteiger partial charge < -0.3 is 0 Å². The third-order valence-electron chi connectivity index (χ3n) is 0.497. The van der Waals surface area contributed by atoms with Crippen molar-refractivity contribution in [2.75, 3.05) is 0 Å². The lowest BCUT2D eigenvalue weighted by atomic mass is 10.3. The van der Waals surface area contributed by atoms with E-state index in [0.717, 1.165) is 0 Å². The zero-order chi connectivity index (χ0) is 5.86. The van der Waals surface area contributed by atoms with Crippen LogP contribution in [0.3, 0.4) is 0 Å². The highest BCUT2D eigenvalue weighted by molar-refractivity contribution is 6.58. The van der Waals surface area contributed by atoms with Gasteiger partial charge in [0.2, 0.25) is 0 Å². The first kappa shape index (κ1) is 6.01. The Morgan fingerprint density at radius 3 is 2.14 bits per heavy atom. The number of hydrogen-bond acceptors (Lipinski definition) is 3. The molecule has 0 aromatic carbocycles. The Hall–Kier alpha value is -0.990. The first-order valence-electron chi connectivity index (χ1n) is 1.73. The molecule has 0 saturated carbocycles. The Balaban J connectivity index is 3.81. The van der Waals surface area contributed by atoms with Crippen molar-refractivity contribution in [3.05, 3.63) is 0 Å². The van der Waals surface area contributed by atoms with Crippen molar-refractivity contribution in [3.63, 3.8) is 0 Å². The fourth-order valence-electron chi connectivity index (χ4n) is 0.0830. The molecule has 0 fully saturated rings. The van der Waals surface area contributed by atoms with Gasteiger partial charge in [-0.2, -0.15) is 0 Å². The zero-order valence-corrected chi connectivity index (χ0v) is 3.89. The average molecular weight is 99.1 g/mol. The summed E-state index contributed by atoms with van der Waals surface area (Å²) in [6.45, 7) is 1.18. The van der Waals surface area contributed by atoms with Crippen LogP contribution in [0, 0.1) is 5.41 Å². The summed E-state index contributed by atoms with van der Waals surface area (Å²) in [6.07, 6.45) is 0.225. The first-order valence-corrected chi connectivity index (χ1v) is 1.73. The molecular formula is C4H5NO2. The SMILES string of the molecule is CC(=O)C(=N)C=O. The van der Waals surface area contributed by atoms with Crippen molar-refractivity contribution in [2.24, 2.45) is 0 Å². The van der Waals surface area contributed by atoms with Crippen LogP contribution in [0.2, 0.25) is 0 Å². The lowest BCUT2D eigenvalue weighted by Gasteiger charge is -1.77. The molecule has 0 heterocycles. The molecule has 0 aliphatic carbocycles. The molecule has 0 bridgehead atoms. The minimum absolute atomic E-state index is 0.225. The molecule has 3 heteroatoms. The Bertz CT molecular complexity index is 117. The Morgan fingerprint density at radius 2 is 2.14 bits per heavy atom. The minimum Gasteiger partial charge on any atom is -0.296 e. The molecule has 0 aliphatic heterocycles. The molecule has 0 unspecified atom stereocenters. The summed E-state index contributed by atoms with van der Waals surface area (Å²) in [5.74, 6) is -0.491. The number of rotatable bonds is 2. The van der Waals surface area contributed by atoms with Gasteiger partial charge in [-0.1, -0.05) is 0 Å². The van der Waals surface area contributed by atoms with E-state index in [2.05, 4.69) is 0 Å². The van der Waals surface area contributed by atoms with Gasteiger partial charge in [0, 0.05) is 6.92 Å². The molecule has 0 rings (SSSR count). The third-order valence-corrected chi connectivity index (χ3v) is 0.497. The lowest BCUT2D eigenvalue weighted by Crippen LogP contribution is -2.08. The van der Waals surface area contributed by atoms with Crippen molar-refractivity contribution in [3.8, 4) is 0 Å². The quantitative estimate of drug-likeness (QED) is 0.296. The van der Waals surface area contributed by atoms with E-state index < -0.39 is 11.5 Å². The number of carbonyl (C=O) groups is 2. The van der Waals surface area contributed by atoms with E-state index in [1.54, 1.807) is 0 Å². The van der Waals surface area contributed by atoms with Crippen LogP contribution in [0.5, 0.6) is 0 Å². The van der Waals surface area contributed by atoms with E-state index in [4.69, 9.17) is 5.41 Å². The van der Waals surface area contributed by atoms with Crippen LogP contribution in [0.4, 0.5) is 0 Å². The Morgan fingerprint density at radius 1 is 1.71 bits per heavy atom. The summed E-state index contributed by atoms with van der Waals surface area (Å²) in [6, 6.07) is 0. The average Bonchev–Trinajstić information content (AvgIpc) is 1.65. The number of aldehydes is 1. The van der Waals surface area contributed by atoms with E-state index in [1.807, 2.05) is 0 Å². The van der Waals surface area contributed by atoms with Gasteiger partial charge in [0.1, 0.15) is 5.71 Å². The summed E-state index contributed by atoms with van der Waals surface area (Å²) in [5, 5.41) is 6.47. The maximum Gasteiger partial charge on any atom is 0.180 e. The van der Waals surface area contributed by atoms with Crippen LogP contribution < -0.4 is 0 Å². The first-order chi connectivity index (χ1) is 3.18. The largest absolute Gasteiger partial charge is 0.296 e. The fraction of sp³-hybridized carbons (Fsp3) is 0.250. The second-order valence-corrected chi connectivity index (χ2v) is 1.09. The van der Waals surface area contributed by atoms with Crippen molar-refractivity contribution >= 4 is 17.8 Å². The topological polar surface area (TPSA) is 58.0 Å². The van der Waals surface area contributed by atoms with Crippen LogP contribution in [0.15, 0.2) is 0 Å². The normalized spacial score (nSPS) is 7.57. The van der Waals surface area contributed by atoms with Crippen LogP contribution in [-0.2, 0) is 9.59 Å². The zero-order valence-electron chi connectivity index (χ0n) is 3.89. The fourth-order valence-corrected chi connectivity index (χ4v) is 0.0830. The summed E-state index contributed by atoms with van der Waals surface area (Å²) in [7, 11) is 0. The highest BCUT2D eigenvalue weighted by Crippen LogP contribution is 1.66. The van der Waals surface area contributed by atoms with Gasteiger partial charge in [-0.05, 0) is 0 Å². The smallest absolute Gasteiger partial charge is 0.180 e. The number of ketones is 1. The van der Waals surface area contributed by atoms with Crippen LogP contribution in [-0.4, -0.2) is 17.8 Å². The standard InChI is InChI=1S/C4H5NO2/c1-3(7)4(5)2-6/h2,5H,1H3. The van der Waals surface area contributed by atoms with Gasteiger partial charge in [0.05, 0.1) is 0 Å². The molecule has 38 valence electrons. The maximum absolute atomic E-state index is 9.92. The number of Topliss-reactive ketones (excluding diaryl/α,β-unsaturated/α-hetero) is 1. The molecule has 0 amide bonds. The number of nitrogens with one attached hydrogen (secondary N) is 1. The van der Waals surface area contributed by atoms with E-state index >= 15 is 0 Å². The van der Waals surface area contributed by atoms with Crippen LogP contribution >= 0.6 is 0 Å². The molecule has 0 aromatic rings. The molecule has 0 aromatic heterocycles. The Labute approximate surface area is 40.8 Å². The van der Waals surface area contributed by atoms with Crippen LogP contribution in [0.25, 0.3) is 0 Å². The van der Waals surface area contributed by atoms with Crippen molar-refractivity contribution in [2.45, 2.75) is 6.92 Å². The van der Waals surface area contributed by atoms with Gasteiger partial charge in [0.25, 0.3) is 0 Å². The summed E-state index contributed by atoms with van der Waals surface area (Å²) in [4.78, 5) is 19.4. The molecule has 3 nitrogen and oxygen atoms in total. The highest BCUT2D eigenvalue weighted by atomic mass is 16.1. The predicted octanol–water partition coefficient (Wildman–Crippen LogP) is -0.206. The molecule has 0 aliphatic rings. The number of hydrogen-bond donors (Lipinski definition) is 1. The molecule has 7 heavy (non-hydrogen) atoms. The molecule has 0 radical (unpaired) electrons. The monoisotopic (exact) mass is 99.0 g/mol. The molecule has 0 saturated heterocycles. The number of carbonyl (C=O) groups excluding carboxylic acids is 2. The van der Waals surface area contributed by atoms with Crippen LogP contribution in [0.1, 0.15) is 6.92 Å². The summed E-state index contributed by atoms with van der Waals surface area (Å²) >= 11 is 0. The molecular weight excluding hydrogens is 94.0 g/mol. The predicted molar refractivity (Wildman–Crippen MR) is 24.5 cm³/mol. The molecule has 0 spiro atoms. The van der Waals surface area contributed by atoms with Crippen molar-refractivity contribution < 1.29 is 9.59 Å².